The summed E-state index contributed by atoms with van der Waals surface area (Å²) >= 11 is 0. The molecule has 0 saturated carbocycles. The molecule has 134 valence electrons. The Kier molecular flexibility index (Phi) is 4.89. The van der Waals surface area contributed by atoms with Crippen LogP contribution in [0.5, 0.6) is 5.88 Å². The Balaban J connectivity index is 1.94. The number of hydrogen-bond acceptors (Lipinski definition) is 6. The van der Waals surface area contributed by atoms with E-state index in [0.29, 0.717) is 29.7 Å². The summed E-state index contributed by atoms with van der Waals surface area (Å²) in [6.07, 6.45) is 1.53. The first-order valence-electron chi connectivity index (χ1n) is 7.88. The molecular weight excluding hydrogens is 344 g/mol. The molecule has 1 aliphatic heterocycles. The van der Waals surface area contributed by atoms with Crippen molar-refractivity contribution in [2.24, 2.45) is 5.73 Å². The van der Waals surface area contributed by atoms with Crippen LogP contribution < -0.4 is 10.5 Å². The van der Waals surface area contributed by atoms with E-state index in [1.165, 1.54) is 17.6 Å². The third-order valence-corrected chi connectivity index (χ3v) is 6.26. The predicted molar refractivity (Wildman–Crippen MR) is 92.7 cm³/mol. The first-order valence-corrected chi connectivity index (χ1v) is 9.32. The molecule has 2 N–H and O–H groups in total. The Morgan fingerprint density at radius 3 is 2.56 bits per heavy atom. The van der Waals surface area contributed by atoms with Crippen LogP contribution >= 0.6 is 0 Å². The molecule has 1 amide bonds. The molecule has 2 aromatic rings. The minimum atomic E-state index is -3.69. The molecule has 0 aliphatic carbocycles. The van der Waals surface area contributed by atoms with Gasteiger partial charge in [-0.25, -0.2) is 13.4 Å². The van der Waals surface area contributed by atoms with Crippen LogP contribution in [0.1, 0.15) is 0 Å². The van der Waals surface area contributed by atoms with Crippen molar-refractivity contribution in [3.63, 3.8) is 0 Å². The molecule has 9 heteroatoms. The molecule has 1 aliphatic rings. The number of ether oxygens (including phenoxy) is 1. The van der Waals surface area contributed by atoms with Crippen LogP contribution in [0, 0.1) is 0 Å². The van der Waals surface area contributed by atoms with Crippen molar-refractivity contribution in [2.75, 3.05) is 39.8 Å². The monoisotopic (exact) mass is 364 g/mol. The number of nitrogens with zero attached hydrogens (tertiary/aromatic N) is 3. The Morgan fingerprint density at radius 1 is 1.20 bits per heavy atom. The van der Waals surface area contributed by atoms with Crippen LogP contribution in [0.4, 0.5) is 0 Å². The van der Waals surface area contributed by atoms with Gasteiger partial charge in [0, 0.05) is 43.1 Å². The van der Waals surface area contributed by atoms with E-state index in [9.17, 15) is 13.2 Å². The van der Waals surface area contributed by atoms with E-state index in [1.807, 2.05) is 0 Å². The molecule has 3 rings (SSSR count). The fourth-order valence-electron chi connectivity index (χ4n) is 2.99. The van der Waals surface area contributed by atoms with E-state index < -0.39 is 10.0 Å². The molecule has 25 heavy (non-hydrogen) atoms. The second kappa shape index (κ2) is 6.95. The van der Waals surface area contributed by atoms with E-state index in [1.54, 1.807) is 29.2 Å². The molecule has 0 bridgehead atoms. The lowest BCUT2D eigenvalue weighted by Crippen LogP contribution is -2.51. The zero-order valence-corrected chi connectivity index (χ0v) is 14.7. The summed E-state index contributed by atoms with van der Waals surface area (Å²) in [6, 6.07) is 6.69. The first-order chi connectivity index (χ1) is 12.0. The minimum absolute atomic E-state index is 0.0666. The number of piperazine rings is 1. The fraction of sp³-hybridized carbons (Fsp3) is 0.375. The van der Waals surface area contributed by atoms with Crippen LogP contribution in [0.25, 0.3) is 10.8 Å². The van der Waals surface area contributed by atoms with E-state index in [4.69, 9.17) is 10.5 Å². The molecule has 1 fully saturated rings. The summed E-state index contributed by atoms with van der Waals surface area (Å²) in [5, 5.41) is 1.21. The van der Waals surface area contributed by atoms with Crippen LogP contribution in [-0.2, 0) is 14.8 Å². The Bertz CT molecular complexity index is 892. The molecule has 1 saturated heterocycles. The topological polar surface area (TPSA) is 106 Å². The predicted octanol–water partition coefficient (Wildman–Crippen LogP) is 0.0350. The summed E-state index contributed by atoms with van der Waals surface area (Å²) in [4.78, 5) is 17.6. The summed E-state index contributed by atoms with van der Waals surface area (Å²) < 4.78 is 32.8. The van der Waals surface area contributed by atoms with Gasteiger partial charge in [0.1, 0.15) is 0 Å². The van der Waals surface area contributed by atoms with E-state index in [0.717, 1.165) is 0 Å². The second-order valence-corrected chi connectivity index (χ2v) is 7.57. The Labute approximate surface area is 146 Å². The number of fused-ring (bicyclic) bond motifs is 1. The smallest absolute Gasteiger partial charge is 0.243 e. The number of sulfonamides is 1. The number of pyridine rings is 1. The maximum absolute atomic E-state index is 13.1. The van der Waals surface area contributed by atoms with Gasteiger partial charge in [-0.05, 0) is 18.2 Å². The SMILES string of the molecule is COc1nccc2c(S(=O)(=O)N3CCN(C(=O)CN)CC3)cccc12. The summed E-state index contributed by atoms with van der Waals surface area (Å²) in [7, 11) is -2.19. The van der Waals surface area contributed by atoms with Crippen molar-refractivity contribution in [1.82, 2.24) is 14.2 Å². The van der Waals surface area contributed by atoms with Gasteiger partial charge in [-0.1, -0.05) is 6.07 Å². The number of nitrogens with two attached hydrogens (primary N) is 1. The van der Waals surface area contributed by atoms with Crippen molar-refractivity contribution in [2.45, 2.75) is 4.90 Å². The van der Waals surface area contributed by atoms with Crippen LogP contribution in [-0.4, -0.2) is 68.3 Å². The molecule has 0 atom stereocenters. The molecule has 1 aromatic heterocycles. The van der Waals surface area contributed by atoms with Gasteiger partial charge in [0.15, 0.2) is 0 Å². The standard InChI is InChI=1S/C16H20N4O4S/c1-24-16-13-3-2-4-14(12(13)5-6-18-16)25(22,23)20-9-7-19(8-10-20)15(21)11-17/h2-6H,7-11,17H2,1H3. The highest BCUT2D eigenvalue weighted by Crippen LogP contribution is 2.30. The molecular formula is C16H20N4O4S. The average molecular weight is 364 g/mol. The van der Waals surface area contributed by atoms with Gasteiger partial charge in [-0.15, -0.1) is 0 Å². The molecule has 0 spiro atoms. The maximum Gasteiger partial charge on any atom is 0.243 e. The highest BCUT2D eigenvalue weighted by atomic mass is 32.2. The van der Waals surface area contributed by atoms with Crippen LogP contribution in [0.3, 0.4) is 0 Å². The number of methoxy groups -OCH3 is 1. The number of benzene rings is 1. The number of aromatic nitrogens is 1. The maximum atomic E-state index is 13.1. The van der Waals surface area contributed by atoms with Crippen molar-refractivity contribution < 1.29 is 17.9 Å². The largest absolute Gasteiger partial charge is 0.481 e. The van der Waals surface area contributed by atoms with Crippen LogP contribution in [0.15, 0.2) is 35.4 Å². The zero-order chi connectivity index (χ0) is 18.0. The number of amides is 1. The highest BCUT2D eigenvalue weighted by molar-refractivity contribution is 7.89. The molecule has 0 unspecified atom stereocenters. The summed E-state index contributed by atoms with van der Waals surface area (Å²) in [6.45, 7) is 1.10. The van der Waals surface area contributed by atoms with Crippen molar-refractivity contribution in [3.05, 3.63) is 30.5 Å². The van der Waals surface area contributed by atoms with Crippen molar-refractivity contribution >= 4 is 26.7 Å². The van der Waals surface area contributed by atoms with E-state index in [2.05, 4.69) is 4.98 Å². The molecule has 2 heterocycles. The van der Waals surface area contributed by atoms with Gasteiger partial charge in [-0.3, -0.25) is 4.79 Å². The van der Waals surface area contributed by atoms with E-state index >= 15 is 0 Å². The highest BCUT2D eigenvalue weighted by Gasteiger charge is 2.31. The average Bonchev–Trinajstić information content (AvgIpc) is 2.66. The second-order valence-electron chi connectivity index (χ2n) is 5.66. The van der Waals surface area contributed by atoms with Gasteiger partial charge in [-0.2, -0.15) is 4.31 Å². The molecule has 0 radical (unpaired) electrons. The quantitative estimate of drug-likeness (QED) is 0.821. The lowest BCUT2D eigenvalue weighted by molar-refractivity contribution is -0.130. The Morgan fingerprint density at radius 2 is 1.92 bits per heavy atom. The van der Waals surface area contributed by atoms with E-state index in [-0.39, 0.29) is 30.4 Å². The minimum Gasteiger partial charge on any atom is -0.481 e. The van der Waals surface area contributed by atoms with Gasteiger partial charge < -0.3 is 15.4 Å². The number of carbonyl (C=O) groups excluding carboxylic acids is 1. The number of hydrogen-bond donors (Lipinski definition) is 1. The number of carbonyl (C=O) groups is 1. The van der Waals surface area contributed by atoms with Gasteiger partial charge in [0.2, 0.25) is 21.8 Å². The normalized spacial score (nSPS) is 16.2. The third kappa shape index (κ3) is 3.17. The summed E-state index contributed by atoms with van der Waals surface area (Å²) in [5.41, 5.74) is 5.36. The first kappa shape index (κ1) is 17.6. The van der Waals surface area contributed by atoms with Gasteiger partial charge in [0.25, 0.3) is 0 Å². The van der Waals surface area contributed by atoms with Crippen LogP contribution in [0.2, 0.25) is 0 Å². The molecule has 8 nitrogen and oxygen atoms in total. The Hall–Kier alpha value is -2.23. The zero-order valence-electron chi connectivity index (χ0n) is 13.9. The van der Waals surface area contributed by atoms with Gasteiger partial charge in [0.05, 0.1) is 18.6 Å². The summed E-state index contributed by atoms with van der Waals surface area (Å²) in [5.74, 6) is 0.214. The number of rotatable bonds is 4. The van der Waals surface area contributed by atoms with Crippen molar-refractivity contribution in [3.8, 4) is 5.88 Å². The molecule has 1 aromatic carbocycles. The fourth-order valence-corrected chi connectivity index (χ4v) is 4.61. The lowest BCUT2D eigenvalue weighted by atomic mass is 10.2. The third-order valence-electron chi connectivity index (χ3n) is 4.31. The van der Waals surface area contributed by atoms with Gasteiger partial charge >= 0.3 is 0 Å². The van der Waals surface area contributed by atoms with Crippen molar-refractivity contribution in [1.29, 1.82) is 0 Å². The lowest BCUT2D eigenvalue weighted by Gasteiger charge is -2.34.